The number of urea groups is 1. The summed E-state index contributed by atoms with van der Waals surface area (Å²) >= 11 is 12.0. The zero-order valence-electron chi connectivity index (χ0n) is 12.8. The Labute approximate surface area is 144 Å². The molecule has 1 saturated carbocycles. The number of hydrogen-bond acceptors (Lipinski definition) is 3. The summed E-state index contributed by atoms with van der Waals surface area (Å²) in [6, 6.07) is 7.80. The predicted molar refractivity (Wildman–Crippen MR) is 86.3 cm³/mol. The van der Waals surface area contributed by atoms with Gasteiger partial charge in [0.2, 0.25) is 0 Å². The Morgan fingerprint density at radius 3 is 2.30 bits per heavy atom. The quantitative estimate of drug-likeness (QED) is 0.619. The van der Waals surface area contributed by atoms with Gasteiger partial charge in [0.1, 0.15) is 9.87 Å². The van der Waals surface area contributed by atoms with Crippen LogP contribution in [0.1, 0.15) is 30.6 Å². The molecule has 1 atom stereocenters. The molecule has 0 spiro atoms. The molecular weight excluding hydrogens is 339 g/mol. The Morgan fingerprint density at radius 2 is 1.78 bits per heavy atom. The Balaban J connectivity index is 1.87. The van der Waals surface area contributed by atoms with E-state index in [4.69, 9.17) is 23.2 Å². The minimum absolute atomic E-state index is 0.132. The lowest BCUT2D eigenvalue weighted by molar-refractivity contribution is -0.131. The van der Waals surface area contributed by atoms with E-state index in [1.54, 1.807) is 44.2 Å². The average molecular weight is 355 g/mol. The molecule has 1 aliphatic heterocycles. The van der Waals surface area contributed by atoms with E-state index in [0.717, 1.165) is 9.80 Å². The average Bonchev–Trinajstić information content (AvgIpc) is 3.06. The molecule has 2 aliphatic rings. The second kappa shape index (κ2) is 5.21. The van der Waals surface area contributed by atoms with E-state index in [0.29, 0.717) is 12.0 Å². The molecule has 1 heterocycles. The van der Waals surface area contributed by atoms with Crippen molar-refractivity contribution in [1.82, 2.24) is 9.80 Å². The lowest BCUT2D eigenvalue weighted by atomic mass is 10.0. The molecule has 2 fully saturated rings. The fourth-order valence-electron chi connectivity index (χ4n) is 2.77. The minimum atomic E-state index is -1.24. The molecular formula is C16H16Cl2N2O3. The van der Waals surface area contributed by atoms with Crippen LogP contribution in [0.2, 0.25) is 0 Å². The largest absolute Gasteiger partial charge is 0.334 e. The lowest BCUT2D eigenvalue weighted by Gasteiger charge is -2.25. The fraction of sp³-hybridized carbons (Fsp3) is 0.438. The first kappa shape index (κ1) is 16.3. The van der Waals surface area contributed by atoms with E-state index in [2.05, 4.69) is 0 Å². The number of alkyl halides is 2. The van der Waals surface area contributed by atoms with E-state index >= 15 is 0 Å². The zero-order chi connectivity index (χ0) is 17.0. The molecule has 1 aliphatic carbocycles. The lowest BCUT2D eigenvalue weighted by Crippen LogP contribution is -2.47. The van der Waals surface area contributed by atoms with Crippen molar-refractivity contribution < 1.29 is 14.4 Å². The van der Waals surface area contributed by atoms with E-state index in [1.807, 2.05) is 0 Å². The zero-order valence-corrected chi connectivity index (χ0v) is 14.3. The molecule has 3 rings (SSSR count). The van der Waals surface area contributed by atoms with Crippen molar-refractivity contribution in [2.24, 2.45) is 5.92 Å². The van der Waals surface area contributed by atoms with Crippen LogP contribution in [0.3, 0.4) is 0 Å². The van der Waals surface area contributed by atoms with Crippen molar-refractivity contribution in [2.75, 3.05) is 6.54 Å². The summed E-state index contributed by atoms with van der Waals surface area (Å²) in [5.74, 6) is -1.06. The molecule has 0 aromatic heterocycles. The molecule has 4 amide bonds. The van der Waals surface area contributed by atoms with Crippen molar-refractivity contribution in [2.45, 2.75) is 30.1 Å². The maximum atomic E-state index is 12.7. The molecule has 0 radical (unpaired) electrons. The third-order valence-electron chi connectivity index (χ3n) is 4.33. The highest BCUT2D eigenvalue weighted by molar-refractivity contribution is 6.50. The molecule has 1 saturated heterocycles. The number of rotatable bonds is 3. The number of carbonyl (C=O) groups excluding carboxylic acids is 3. The van der Waals surface area contributed by atoms with Crippen molar-refractivity contribution in [3.05, 3.63) is 35.9 Å². The maximum Gasteiger partial charge on any atom is 0.334 e. The van der Waals surface area contributed by atoms with E-state index in [9.17, 15) is 14.4 Å². The summed E-state index contributed by atoms with van der Waals surface area (Å²) in [5.41, 5.74) is -0.876. The van der Waals surface area contributed by atoms with Crippen molar-refractivity contribution >= 4 is 41.0 Å². The number of amides is 4. The van der Waals surface area contributed by atoms with Crippen LogP contribution in [0, 0.1) is 5.92 Å². The number of halogens is 2. The maximum absolute atomic E-state index is 12.7. The minimum Gasteiger partial charge on any atom is -0.272 e. The molecule has 1 aromatic carbocycles. The predicted octanol–water partition coefficient (Wildman–Crippen LogP) is 3.06. The van der Waals surface area contributed by atoms with Crippen LogP contribution in [-0.4, -0.2) is 44.1 Å². The number of imide groups is 2. The van der Waals surface area contributed by atoms with E-state index in [-0.39, 0.29) is 12.5 Å². The van der Waals surface area contributed by atoms with Gasteiger partial charge in [-0.3, -0.25) is 14.5 Å². The van der Waals surface area contributed by atoms with Crippen LogP contribution < -0.4 is 0 Å². The van der Waals surface area contributed by atoms with Gasteiger partial charge in [-0.25, -0.2) is 9.69 Å². The number of benzene rings is 1. The summed E-state index contributed by atoms with van der Waals surface area (Å²) < 4.78 is -0.887. The number of nitrogens with zero attached hydrogens (tertiary/aromatic N) is 2. The molecule has 7 heteroatoms. The van der Waals surface area contributed by atoms with Crippen LogP contribution >= 0.6 is 23.2 Å². The van der Waals surface area contributed by atoms with E-state index < -0.39 is 27.7 Å². The van der Waals surface area contributed by atoms with Gasteiger partial charge in [-0.2, -0.15) is 0 Å². The highest BCUT2D eigenvalue weighted by Gasteiger charge is 2.59. The van der Waals surface area contributed by atoms with Crippen molar-refractivity contribution in [1.29, 1.82) is 0 Å². The molecule has 0 bridgehead atoms. The summed E-state index contributed by atoms with van der Waals surface area (Å²) in [7, 11) is 0. The molecule has 1 aromatic rings. The van der Waals surface area contributed by atoms with Crippen molar-refractivity contribution in [3.8, 4) is 0 Å². The second-order valence-corrected chi connectivity index (χ2v) is 7.97. The fourth-order valence-corrected chi connectivity index (χ4v) is 3.28. The number of hydrogen-bond donors (Lipinski definition) is 0. The Kier molecular flexibility index (Phi) is 3.69. The topological polar surface area (TPSA) is 57.7 Å². The van der Waals surface area contributed by atoms with Gasteiger partial charge in [-0.15, -0.1) is 23.2 Å². The monoisotopic (exact) mass is 354 g/mol. The van der Waals surface area contributed by atoms with Crippen LogP contribution in [0.5, 0.6) is 0 Å². The van der Waals surface area contributed by atoms with Crippen LogP contribution in [0.25, 0.3) is 0 Å². The van der Waals surface area contributed by atoms with Crippen LogP contribution in [0.4, 0.5) is 4.79 Å². The second-order valence-electron chi connectivity index (χ2n) is 6.43. The summed E-state index contributed by atoms with van der Waals surface area (Å²) in [6.07, 6.45) is 0.528. The van der Waals surface area contributed by atoms with Gasteiger partial charge in [-0.05, 0) is 32.4 Å². The summed E-state index contributed by atoms with van der Waals surface area (Å²) in [5, 5.41) is 0. The van der Waals surface area contributed by atoms with Crippen LogP contribution in [-0.2, 0) is 4.79 Å². The van der Waals surface area contributed by atoms with Gasteiger partial charge < -0.3 is 0 Å². The molecule has 5 nitrogen and oxygen atoms in total. The standard InChI is InChI=1S/C16H16Cl2N2O3/c1-15(2)13(22)19(9-11-8-16(11,17)18)14(23)20(15)12(21)10-6-4-3-5-7-10/h3-7,11H,8-9H2,1-2H3. The Bertz CT molecular complexity index is 688. The number of carbonyl (C=O) groups is 3. The highest BCUT2D eigenvalue weighted by atomic mass is 35.5. The summed E-state index contributed by atoms with van der Waals surface area (Å²) in [6.45, 7) is 3.26. The Hall–Kier alpha value is -1.59. The van der Waals surface area contributed by atoms with Gasteiger partial charge in [0.15, 0.2) is 0 Å². The first-order chi connectivity index (χ1) is 10.7. The van der Waals surface area contributed by atoms with Gasteiger partial charge in [0.25, 0.3) is 11.8 Å². The van der Waals surface area contributed by atoms with E-state index in [1.165, 1.54) is 0 Å². The molecule has 122 valence electrons. The first-order valence-corrected chi connectivity index (χ1v) is 8.05. The van der Waals surface area contributed by atoms with Gasteiger partial charge in [0.05, 0.1) is 0 Å². The highest BCUT2D eigenvalue weighted by Crippen LogP contribution is 2.53. The van der Waals surface area contributed by atoms with Gasteiger partial charge >= 0.3 is 6.03 Å². The first-order valence-electron chi connectivity index (χ1n) is 7.29. The van der Waals surface area contributed by atoms with Crippen LogP contribution in [0.15, 0.2) is 30.3 Å². The third-order valence-corrected chi connectivity index (χ3v) is 5.26. The Morgan fingerprint density at radius 1 is 1.22 bits per heavy atom. The van der Waals surface area contributed by atoms with Gasteiger partial charge in [0, 0.05) is 18.0 Å². The van der Waals surface area contributed by atoms with Gasteiger partial charge in [-0.1, -0.05) is 18.2 Å². The molecule has 1 unspecified atom stereocenters. The normalized spacial score (nSPS) is 25.0. The molecule has 0 N–H and O–H groups in total. The smallest absolute Gasteiger partial charge is 0.272 e. The van der Waals surface area contributed by atoms with Crippen molar-refractivity contribution in [3.63, 3.8) is 0 Å². The molecule has 23 heavy (non-hydrogen) atoms. The summed E-state index contributed by atoms with van der Waals surface area (Å²) in [4.78, 5) is 40.0. The third kappa shape index (κ3) is 2.62. The SMILES string of the molecule is CC1(C)C(=O)N(CC2CC2(Cl)Cl)C(=O)N1C(=O)c1ccccc1.